The number of aliphatic hydroxyl groups is 1. The lowest BCUT2D eigenvalue weighted by molar-refractivity contribution is -0.414. The Morgan fingerprint density at radius 1 is 1.12 bits per heavy atom. The number of rotatable bonds is 5. The lowest BCUT2D eigenvalue weighted by Gasteiger charge is -2.64. The molecule has 5 fully saturated rings. The fraction of sp³-hybridized carbons (Fsp3) is 0.870. The Morgan fingerprint density at radius 3 is 2.12 bits per heavy atom. The van der Waals surface area contributed by atoms with Gasteiger partial charge in [-0.05, 0) is 83.0 Å². The van der Waals surface area contributed by atoms with Crippen molar-refractivity contribution in [2.24, 2.45) is 23.2 Å². The highest BCUT2D eigenvalue weighted by atomic mass is 19.4. The highest BCUT2D eigenvalue weighted by Gasteiger charge is 2.82. The SMILES string of the molecule is C=C(C)C(=O)OC1C2CC3CC1CC(C(C)(C)OC1(C)COC(O)(C(F)(F)F)C1(F)F)(C3)C2. The maximum Gasteiger partial charge on any atom is 0.449 e. The van der Waals surface area contributed by atoms with Crippen molar-refractivity contribution >= 4 is 5.97 Å². The summed E-state index contributed by atoms with van der Waals surface area (Å²) in [5.41, 5.74) is -4.20. The topological polar surface area (TPSA) is 65.0 Å². The molecule has 0 aromatic carbocycles. The zero-order valence-corrected chi connectivity index (χ0v) is 19.2. The fourth-order valence-corrected chi connectivity index (χ4v) is 6.94. The average Bonchev–Trinajstić information content (AvgIpc) is 2.84. The molecule has 4 aliphatic carbocycles. The third kappa shape index (κ3) is 3.37. The summed E-state index contributed by atoms with van der Waals surface area (Å²) in [6.07, 6.45) is -2.51. The number of hydrogen-bond acceptors (Lipinski definition) is 5. The van der Waals surface area contributed by atoms with Crippen LogP contribution in [0.1, 0.15) is 59.8 Å². The summed E-state index contributed by atoms with van der Waals surface area (Å²) in [5.74, 6) is -9.47. The van der Waals surface area contributed by atoms with Crippen LogP contribution in [0.25, 0.3) is 0 Å². The number of hydrogen-bond donors (Lipinski definition) is 1. The van der Waals surface area contributed by atoms with E-state index in [0.29, 0.717) is 30.8 Å². The van der Waals surface area contributed by atoms with Crippen LogP contribution in [0.4, 0.5) is 22.0 Å². The van der Waals surface area contributed by atoms with Crippen molar-refractivity contribution in [3.05, 3.63) is 12.2 Å². The predicted octanol–water partition coefficient (Wildman–Crippen LogP) is 4.77. The normalized spacial score (nSPS) is 44.2. The van der Waals surface area contributed by atoms with Gasteiger partial charge in [0.15, 0.2) is 5.60 Å². The largest absolute Gasteiger partial charge is 0.458 e. The Labute approximate surface area is 189 Å². The maximum atomic E-state index is 15.0. The van der Waals surface area contributed by atoms with Gasteiger partial charge < -0.3 is 19.3 Å². The molecule has 0 radical (unpaired) electrons. The molecule has 5 rings (SSSR count). The molecule has 188 valence electrons. The number of esters is 1. The summed E-state index contributed by atoms with van der Waals surface area (Å²) in [7, 11) is 0. The number of ether oxygens (including phenoxy) is 3. The molecule has 10 heteroatoms. The lowest BCUT2D eigenvalue weighted by atomic mass is 9.45. The first-order valence-electron chi connectivity index (χ1n) is 11.3. The molecule has 33 heavy (non-hydrogen) atoms. The van der Waals surface area contributed by atoms with Crippen LogP contribution in [0, 0.1) is 23.2 Å². The Kier molecular flexibility index (Phi) is 5.37. The van der Waals surface area contributed by atoms with Crippen molar-refractivity contribution in [3.8, 4) is 0 Å². The van der Waals surface area contributed by atoms with Crippen LogP contribution in [-0.2, 0) is 19.0 Å². The van der Waals surface area contributed by atoms with Crippen LogP contribution < -0.4 is 0 Å². The van der Waals surface area contributed by atoms with Crippen molar-refractivity contribution in [1.29, 1.82) is 0 Å². The number of carbonyl (C=O) groups is 1. The molecular formula is C23H31F5O5. The van der Waals surface area contributed by atoms with Crippen LogP contribution >= 0.6 is 0 Å². The summed E-state index contributed by atoms with van der Waals surface area (Å²) in [4.78, 5) is 12.1. The van der Waals surface area contributed by atoms with E-state index in [1.165, 1.54) is 0 Å². The van der Waals surface area contributed by atoms with Crippen molar-refractivity contribution in [1.82, 2.24) is 0 Å². The first kappa shape index (κ1) is 24.9. The zero-order chi connectivity index (χ0) is 24.8. The third-order valence-corrected chi connectivity index (χ3v) is 8.57. The van der Waals surface area contributed by atoms with Gasteiger partial charge in [-0.3, -0.25) is 0 Å². The summed E-state index contributed by atoms with van der Waals surface area (Å²) < 4.78 is 85.8. The second-order valence-corrected chi connectivity index (χ2v) is 11.2. The van der Waals surface area contributed by atoms with Crippen LogP contribution in [0.5, 0.6) is 0 Å². The van der Waals surface area contributed by atoms with Crippen LogP contribution in [0.3, 0.4) is 0 Å². The van der Waals surface area contributed by atoms with Crippen molar-refractivity contribution in [3.63, 3.8) is 0 Å². The number of alkyl halides is 5. The molecule has 1 saturated heterocycles. The molecule has 0 aromatic heterocycles. The highest BCUT2D eigenvalue weighted by Crippen LogP contribution is 2.66. The lowest BCUT2D eigenvalue weighted by Crippen LogP contribution is -2.67. The second-order valence-electron chi connectivity index (χ2n) is 11.2. The third-order valence-electron chi connectivity index (χ3n) is 8.57. The minimum Gasteiger partial charge on any atom is -0.458 e. The first-order valence-corrected chi connectivity index (χ1v) is 11.3. The first-order chi connectivity index (χ1) is 14.9. The van der Waals surface area contributed by atoms with Crippen LogP contribution in [0.15, 0.2) is 12.2 Å². The Morgan fingerprint density at radius 2 is 1.67 bits per heavy atom. The van der Waals surface area contributed by atoms with Crippen molar-refractivity contribution < 1.29 is 46.1 Å². The predicted molar refractivity (Wildman–Crippen MR) is 106 cm³/mol. The van der Waals surface area contributed by atoms with Gasteiger partial charge >= 0.3 is 23.9 Å². The molecule has 0 spiro atoms. The van der Waals surface area contributed by atoms with Gasteiger partial charge in [-0.2, -0.15) is 22.0 Å². The van der Waals surface area contributed by atoms with Gasteiger partial charge in [0.2, 0.25) is 0 Å². The fourth-order valence-electron chi connectivity index (χ4n) is 6.94. The van der Waals surface area contributed by atoms with Gasteiger partial charge in [-0.25, -0.2) is 4.79 Å². The van der Waals surface area contributed by atoms with Crippen LogP contribution in [0.2, 0.25) is 0 Å². The molecule has 1 aliphatic heterocycles. The van der Waals surface area contributed by atoms with Gasteiger partial charge in [-0.1, -0.05) is 6.58 Å². The van der Waals surface area contributed by atoms with E-state index in [-0.39, 0.29) is 17.9 Å². The standard InChI is InChI=1S/C23H31F5O5/c1-12(2)17(29)32-16-14-6-13-7-15(16)10-20(8-13,9-14)18(3,4)33-19(5)11-31-22(30,21(19,24)25)23(26,27)28/h13-16,30H,1,6-11H2,2-5H3. The van der Waals surface area contributed by atoms with Gasteiger partial charge in [0, 0.05) is 5.57 Å². The van der Waals surface area contributed by atoms with E-state index in [9.17, 15) is 23.1 Å². The maximum absolute atomic E-state index is 15.0. The molecule has 4 saturated carbocycles. The summed E-state index contributed by atoms with van der Waals surface area (Å²) in [6.45, 7) is 8.20. The van der Waals surface area contributed by atoms with E-state index in [1.807, 2.05) is 0 Å². The molecule has 4 unspecified atom stereocenters. The molecule has 4 bridgehead atoms. The minimum atomic E-state index is -5.69. The molecule has 1 N–H and O–H groups in total. The smallest absolute Gasteiger partial charge is 0.449 e. The molecule has 1 heterocycles. The van der Waals surface area contributed by atoms with E-state index >= 15 is 8.78 Å². The van der Waals surface area contributed by atoms with Crippen LogP contribution in [-0.4, -0.2) is 52.9 Å². The number of halogens is 5. The quantitative estimate of drug-likeness (QED) is 0.348. The van der Waals surface area contributed by atoms with Gasteiger partial charge in [-0.15, -0.1) is 0 Å². The molecule has 5 nitrogen and oxygen atoms in total. The highest BCUT2D eigenvalue weighted by molar-refractivity contribution is 5.87. The number of carbonyl (C=O) groups excluding carboxylic acids is 1. The van der Waals surface area contributed by atoms with Gasteiger partial charge in [0.1, 0.15) is 6.10 Å². The zero-order valence-electron chi connectivity index (χ0n) is 19.2. The van der Waals surface area contributed by atoms with Crippen molar-refractivity contribution in [2.45, 2.75) is 95.0 Å². The van der Waals surface area contributed by atoms with E-state index in [0.717, 1.165) is 19.8 Å². The second kappa shape index (κ2) is 7.13. The van der Waals surface area contributed by atoms with Gasteiger partial charge in [0.25, 0.3) is 0 Å². The Bertz CT molecular complexity index is 839. The Hall–Kier alpha value is -1.26. The average molecular weight is 482 g/mol. The molecule has 0 amide bonds. The van der Waals surface area contributed by atoms with E-state index in [1.54, 1.807) is 20.8 Å². The monoisotopic (exact) mass is 482 g/mol. The van der Waals surface area contributed by atoms with E-state index in [4.69, 9.17) is 9.47 Å². The molecular weight excluding hydrogens is 451 g/mol. The summed E-state index contributed by atoms with van der Waals surface area (Å²) in [6, 6.07) is 0. The Balaban J connectivity index is 1.59. The van der Waals surface area contributed by atoms with E-state index in [2.05, 4.69) is 11.3 Å². The van der Waals surface area contributed by atoms with E-state index < -0.39 is 47.1 Å². The summed E-state index contributed by atoms with van der Waals surface area (Å²) >= 11 is 0. The molecule has 0 aromatic rings. The van der Waals surface area contributed by atoms with Crippen molar-refractivity contribution in [2.75, 3.05) is 6.61 Å². The minimum absolute atomic E-state index is 0.0164. The van der Waals surface area contributed by atoms with Gasteiger partial charge in [0.05, 0.1) is 12.2 Å². The molecule has 5 aliphatic rings. The summed E-state index contributed by atoms with van der Waals surface area (Å²) in [5, 5.41) is 9.75. The molecule has 4 atom stereocenters.